The summed E-state index contributed by atoms with van der Waals surface area (Å²) >= 11 is 1.31. The molecule has 29 heavy (non-hydrogen) atoms. The molecular formula is C22H19N3O3S. The van der Waals surface area contributed by atoms with Crippen LogP contribution in [0.1, 0.15) is 23.9 Å². The molecule has 2 aromatic carbocycles. The topological polar surface area (TPSA) is 65.7 Å². The molecule has 0 amide bonds. The van der Waals surface area contributed by atoms with E-state index >= 15 is 0 Å². The molecule has 0 N–H and O–H groups in total. The Morgan fingerprint density at radius 2 is 1.90 bits per heavy atom. The fraction of sp³-hybridized carbons (Fsp3) is 0.136. The van der Waals surface area contributed by atoms with Gasteiger partial charge in [0.15, 0.2) is 5.82 Å². The predicted molar refractivity (Wildman–Crippen MR) is 115 cm³/mol. The highest BCUT2D eigenvalue weighted by Crippen LogP contribution is 2.19. The first-order valence-electron chi connectivity index (χ1n) is 9.13. The van der Waals surface area contributed by atoms with Crippen molar-refractivity contribution in [2.45, 2.75) is 6.92 Å². The molecule has 0 aliphatic heterocycles. The molecule has 0 atom stereocenters. The van der Waals surface area contributed by atoms with Gasteiger partial charge in [0.25, 0.3) is 5.56 Å². The maximum absolute atomic E-state index is 12.7. The minimum atomic E-state index is -0.187. The minimum Gasteiger partial charge on any atom is -0.497 e. The lowest BCUT2D eigenvalue weighted by Crippen LogP contribution is -2.23. The molecule has 0 saturated heterocycles. The second kappa shape index (κ2) is 8.28. The third-order valence-electron chi connectivity index (χ3n) is 4.24. The maximum atomic E-state index is 12.7. The third kappa shape index (κ3) is 4.05. The van der Waals surface area contributed by atoms with Crippen LogP contribution in [-0.2, 0) is 0 Å². The standard InChI is InChI=1S/C22H19N3O3S/c1-3-28-18-7-5-4-6-16(18)14-19-21(26)25-22(29-19)23-20(24-25)13-10-15-8-11-17(27-2)12-9-15/h4-14H,3H2,1-2H3/b13-10+,19-14+. The Morgan fingerprint density at radius 3 is 2.62 bits per heavy atom. The van der Waals surface area contributed by atoms with Crippen LogP contribution in [0, 0.1) is 0 Å². The monoisotopic (exact) mass is 405 g/mol. The van der Waals surface area contributed by atoms with Gasteiger partial charge in [0.05, 0.1) is 18.2 Å². The van der Waals surface area contributed by atoms with Crippen LogP contribution in [0.4, 0.5) is 0 Å². The molecular weight excluding hydrogens is 386 g/mol. The van der Waals surface area contributed by atoms with Gasteiger partial charge in [0.2, 0.25) is 4.96 Å². The summed E-state index contributed by atoms with van der Waals surface area (Å²) in [6.07, 6.45) is 5.50. The van der Waals surface area contributed by atoms with Crippen molar-refractivity contribution in [2.24, 2.45) is 0 Å². The number of methoxy groups -OCH3 is 1. The molecule has 0 fully saturated rings. The number of para-hydroxylation sites is 1. The lowest BCUT2D eigenvalue weighted by atomic mass is 10.2. The van der Waals surface area contributed by atoms with Crippen LogP contribution in [0.2, 0.25) is 0 Å². The molecule has 146 valence electrons. The Bertz CT molecular complexity index is 1270. The van der Waals surface area contributed by atoms with Crippen molar-refractivity contribution >= 4 is 34.5 Å². The first kappa shape index (κ1) is 18.9. The van der Waals surface area contributed by atoms with Crippen molar-refractivity contribution in [1.29, 1.82) is 0 Å². The van der Waals surface area contributed by atoms with Crippen molar-refractivity contribution in [1.82, 2.24) is 14.6 Å². The van der Waals surface area contributed by atoms with Crippen LogP contribution in [0.3, 0.4) is 0 Å². The maximum Gasteiger partial charge on any atom is 0.291 e. The van der Waals surface area contributed by atoms with Gasteiger partial charge in [0.1, 0.15) is 11.5 Å². The van der Waals surface area contributed by atoms with E-state index in [1.165, 1.54) is 15.9 Å². The largest absolute Gasteiger partial charge is 0.497 e. The summed E-state index contributed by atoms with van der Waals surface area (Å²) in [6, 6.07) is 15.3. The van der Waals surface area contributed by atoms with Crippen LogP contribution in [-0.4, -0.2) is 28.3 Å². The summed E-state index contributed by atoms with van der Waals surface area (Å²) in [4.78, 5) is 17.7. The van der Waals surface area contributed by atoms with E-state index in [4.69, 9.17) is 9.47 Å². The van der Waals surface area contributed by atoms with E-state index in [2.05, 4.69) is 10.1 Å². The van der Waals surface area contributed by atoms with E-state index in [0.717, 1.165) is 22.6 Å². The molecule has 0 bridgehead atoms. The second-order valence-electron chi connectivity index (χ2n) is 6.16. The fourth-order valence-corrected chi connectivity index (χ4v) is 3.74. The number of benzene rings is 2. The zero-order chi connectivity index (χ0) is 20.2. The predicted octanol–water partition coefficient (Wildman–Crippen LogP) is 3.28. The summed E-state index contributed by atoms with van der Waals surface area (Å²) in [5.41, 5.74) is 1.66. The lowest BCUT2D eigenvalue weighted by Gasteiger charge is -2.05. The molecule has 4 rings (SSSR count). The van der Waals surface area contributed by atoms with Crippen LogP contribution in [0.5, 0.6) is 11.5 Å². The van der Waals surface area contributed by atoms with Gasteiger partial charge in [-0.15, -0.1) is 5.10 Å². The number of nitrogens with zero attached hydrogens (tertiary/aromatic N) is 3. The first-order chi connectivity index (χ1) is 14.2. The van der Waals surface area contributed by atoms with E-state index in [9.17, 15) is 4.79 Å². The van der Waals surface area contributed by atoms with E-state index in [1.807, 2.05) is 67.6 Å². The molecule has 0 radical (unpaired) electrons. The molecule has 7 heteroatoms. The van der Waals surface area contributed by atoms with Gasteiger partial charge in [-0.05, 0) is 42.8 Å². The molecule has 6 nitrogen and oxygen atoms in total. The summed E-state index contributed by atoms with van der Waals surface area (Å²) in [7, 11) is 1.63. The molecule has 2 aromatic heterocycles. The number of thiazole rings is 1. The SMILES string of the molecule is CCOc1ccccc1/C=c1/sc2nc(/C=C/c3ccc(OC)cc3)nn2c1=O. The summed E-state index contributed by atoms with van der Waals surface area (Å²) in [5.74, 6) is 2.04. The molecule has 0 unspecified atom stereocenters. The van der Waals surface area contributed by atoms with E-state index in [-0.39, 0.29) is 5.56 Å². The number of fused-ring (bicyclic) bond motifs is 1. The van der Waals surface area contributed by atoms with Gasteiger partial charge in [-0.1, -0.05) is 47.7 Å². The van der Waals surface area contributed by atoms with Crippen molar-refractivity contribution in [3.05, 3.63) is 80.4 Å². The zero-order valence-electron chi connectivity index (χ0n) is 16.0. The number of ether oxygens (including phenoxy) is 2. The Hall–Kier alpha value is -3.45. The molecule has 2 heterocycles. The number of hydrogen-bond donors (Lipinski definition) is 0. The first-order valence-corrected chi connectivity index (χ1v) is 9.95. The van der Waals surface area contributed by atoms with Crippen LogP contribution >= 0.6 is 11.3 Å². The van der Waals surface area contributed by atoms with Crippen LogP contribution in [0.15, 0.2) is 53.3 Å². The number of hydrogen-bond acceptors (Lipinski definition) is 6. The van der Waals surface area contributed by atoms with Crippen molar-refractivity contribution in [2.75, 3.05) is 13.7 Å². The normalized spacial score (nSPS) is 12.1. The second-order valence-corrected chi connectivity index (χ2v) is 7.17. The van der Waals surface area contributed by atoms with Crippen molar-refractivity contribution in [3.63, 3.8) is 0 Å². The van der Waals surface area contributed by atoms with Gasteiger partial charge in [-0.3, -0.25) is 4.79 Å². The van der Waals surface area contributed by atoms with Gasteiger partial charge >= 0.3 is 0 Å². The number of rotatable bonds is 6. The molecule has 0 aliphatic rings. The number of aromatic nitrogens is 3. The molecule has 0 saturated carbocycles. The zero-order valence-corrected chi connectivity index (χ0v) is 16.8. The highest BCUT2D eigenvalue weighted by Gasteiger charge is 2.09. The van der Waals surface area contributed by atoms with Crippen LogP contribution in [0.25, 0.3) is 23.2 Å². The smallest absolute Gasteiger partial charge is 0.291 e. The summed E-state index contributed by atoms with van der Waals surface area (Å²) in [6.45, 7) is 2.49. The van der Waals surface area contributed by atoms with Crippen molar-refractivity contribution in [3.8, 4) is 11.5 Å². The third-order valence-corrected chi connectivity index (χ3v) is 5.20. The Kier molecular flexibility index (Phi) is 5.39. The molecule has 0 spiro atoms. The van der Waals surface area contributed by atoms with E-state index < -0.39 is 0 Å². The molecule has 0 aliphatic carbocycles. The highest BCUT2D eigenvalue weighted by molar-refractivity contribution is 7.15. The fourth-order valence-electron chi connectivity index (χ4n) is 2.83. The van der Waals surface area contributed by atoms with E-state index in [0.29, 0.717) is 21.9 Å². The van der Waals surface area contributed by atoms with E-state index in [1.54, 1.807) is 13.2 Å². The van der Waals surface area contributed by atoms with Gasteiger partial charge in [-0.25, -0.2) is 0 Å². The average Bonchev–Trinajstić information content (AvgIpc) is 3.27. The Morgan fingerprint density at radius 1 is 1.10 bits per heavy atom. The van der Waals surface area contributed by atoms with Crippen LogP contribution < -0.4 is 19.6 Å². The highest BCUT2D eigenvalue weighted by atomic mass is 32.1. The molecule has 4 aromatic rings. The summed E-state index contributed by atoms with van der Waals surface area (Å²) < 4.78 is 12.7. The van der Waals surface area contributed by atoms with Gasteiger partial charge in [0, 0.05) is 5.56 Å². The average molecular weight is 405 g/mol. The Balaban J connectivity index is 1.64. The Labute approximate surface area is 171 Å². The lowest BCUT2D eigenvalue weighted by molar-refractivity contribution is 0.339. The van der Waals surface area contributed by atoms with Gasteiger partial charge in [-0.2, -0.15) is 9.50 Å². The van der Waals surface area contributed by atoms with Gasteiger partial charge < -0.3 is 9.47 Å². The van der Waals surface area contributed by atoms with Crippen molar-refractivity contribution < 1.29 is 9.47 Å². The summed E-state index contributed by atoms with van der Waals surface area (Å²) in [5, 5.41) is 4.32. The minimum absolute atomic E-state index is 0.187. The quantitative estimate of drug-likeness (QED) is 0.493.